The number of rotatable bonds is 4. The number of nitrogens with zero attached hydrogens (tertiary/aromatic N) is 1. The van der Waals surface area contributed by atoms with Crippen LogP contribution >= 0.6 is 11.8 Å². The zero-order valence-electron chi connectivity index (χ0n) is 11.4. The first kappa shape index (κ1) is 14.7. The van der Waals surface area contributed by atoms with Gasteiger partial charge in [0.1, 0.15) is 6.04 Å². The van der Waals surface area contributed by atoms with Gasteiger partial charge in [0.25, 0.3) is 0 Å². The molecule has 0 saturated carbocycles. The molecular formula is C13H22N2O3S. The monoisotopic (exact) mass is 286 g/mol. The molecule has 1 unspecified atom stereocenters. The Morgan fingerprint density at radius 2 is 2.05 bits per heavy atom. The summed E-state index contributed by atoms with van der Waals surface area (Å²) in [6.45, 7) is 2.77. The number of carbonyl (C=O) groups is 2. The second-order valence-electron chi connectivity index (χ2n) is 5.03. The van der Waals surface area contributed by atoms with Crippen LogP contribution in [-0.2, 0) is 14.3 Å². The van der Waals surface area contributed by atoms with Gasteiger partial charge in [-0.25, -0.2) is 4.79 Å². The van der Waals surface area contributed by atoms with Crippen molar-refractivity contribution < 1.29 is 14.3 Å². The Morgan fingerprint density at radius 3 is 2.74 bits per heavy atom. The van der Waals surface area contributed by atoms with Crippen molar-refractivity contribution in [2.75, 3.05) is 32.5 Å². The number of thioether (sulfide) groups is 1. The van der Waals surface area contributed by atoms with E-state index in [-0.39, 0.29) is 17.9 Å². The number of hydrogen-bond acceptors (Lipinski definition) is 5. The van der Waals surface area contributed by atoms with E-state index < -0.39 is 0 Å². The third-order valence-corrected chi connectivity index (χ3v) is 5.13. The minimum absolute atomic E-state index is 0.0800. The quantitative estimate of drug-likeness (QED) is 0.768. The SMILES string of the molecule is COC(=O)C1CCCN1C(=O)CSC1CCNCC1. The number of piperidine rings is 1. The van der Waals surface area contributed by atoms with Crippen LogP contribution in [0.2, 0.25) is 0 Å². The Morgan fingerprint density at radius 1 is 1.32 bits per heavy atom. The molecule has 1 amide bonds. The molecule has 2 fully saturated rings. The molecule has 0 aliphatic carbocycles. The second-order valence-corrected chi connectivity index (χ2v) is 6.32. The van der Waals surface area contributed by atoms with Crippen molar-refractivity contribution in [3.63, 3.8) is 0 Å². The molecule has 19 heavy (non-hydrogen) atoms. The molecule has 2 aliphatic rings. The van der Waals surface area contributed by atoms with Gasteiger partial charge in [0.2, 0.25) is 5.91 Å². The highest BCUT2D eigenvalue weighted by molar-refractivity contribution is 8.00. The summed E-state index contributed by atoms with van der Waals surface area (Å²) in [6, 6.07) is -0.355. The number of ether oxygens (including phenoxy) is 1. The third kappa shape index (κ3) is 3.86. The van der Waals surface area contributed by atoms with Crippen molar-refractivity contribution in [1.29, 1.82) is 0 Å². The fraction of sp³-hybridized carbons (Fsp3) is 0.846. The second kappa shape index (κ2) is 7.14. The van der Waals surface area contributed by atoms with Gasteiger partial charge >= 0.3 is 5.97 Å². The molecule has 1 atom stereocenters. The highest BCUT2D eigenvalue weighted by Crippen LogP contribution is 2.23. The highest BCUT2D eigenvalue weighted by atomic mass is 32.2. The van der Waals surface area contributed by atoms with Crippen molar-refractivity contribution in [2.24, 2.45) is 0 Å². The van der Waals surface area contributed by atoms with Gasteiger partial charge < -0.3 is 15.0 Å². The van der Waals surface area contributed by atoms with Crippen LogP contribution in [0.5, 0.6) is 0 Å². The average Bonchev–Trinajstić information content (AvgIpc) is 2.94. The van der Waals surface area contributed by atoms with Crippen LogP contribution in [0.4, 0.5) is 0 Å². The van der Waals surface area contributed by atoms with Gasteiger partial charge in [-0.2, -0.15) is 0 Å². The number of esters is 1. The summed E-state index contributed by atoms with van der Waals surface area (Å²) in [5.74, 6) is 0.284. The molecule has 6 heteroatoms. The van der Waals surface area contributed by atoms with Gasteiger partial charge in [-0.3, -0.25) is 4.79 Å². The number of carbonyl (C=O) groups excluding carboxylic acids is 2. The first-order valence-electron chi connectivity index (χ1n) is 6.92. The zero-order valence-corrected chi connectivity index (χ0v) is 12.2. The van der Waals surface area contributed by atoms with Gasteiger partial charge in [0.05, 0.1) is 12.9 Å². The van der Waals surface area contributed by atoms with Crippen LogP contribution in [0.3, 0.4) is 0 Å². The molecule has 2 heterocycles. The van der Waals surface area contributed by atoms with E-state index in [0.717, 1.165) is 38.8 Å². The topological polar surface area (TPSA) is 58.6 Å². The summed E-state index contributed by atoms with van der Waals surface area (Å²) in [5.41, 5.74) is 0. The van der Waals surface area contributed by atoms with Crippen molar-refractivity contribution in [2.45, 2.75) is 37.0 Å². The number of amides is 1. The molecule has 2 rings (SSSR count). The van der Waals surface area contributed by atoms with E-state index in [4.69, 9.17) is 4.74 Å². The summed E-state index contributed by atoms with van der Waals surface area (Å²) in [6.07, 6.45) is 3.87. The fourth-order valence-corrected chi connectivity index (χ4v) is 3.79. The van der Waals surface area contributed by atoms with Crippen LogP contribution in [0.15, 0.2) is 0 Å². The lowest BCUT2D eigenvalue weighted by Gasteiger charge is -2.25. The zero-order chi connectivity index (χ0) is 13.7. The maximum atomic E-state index is 12.2. The van der Waals surface area contributed by atoms with Gasteiger partial charge in [0.15, 0.2) is 0 Å². The minimum atomic E-state index is -0.355. The average molecular weight is 286 g/mol. The van der Waals surface area contributed by atoms with Crippen LogP contribution < -0.4 is 5.32 Å². The first-order valence-corrected chi connectivity index (χ1v) is 7.97. The predicted molar refractivity (Wildman–Crippen MR) is 75.1 cm³/mol. The summed E-state index contributed by atoms with van der Waals surface area (Å²) in [4.78, 5) is 25.5. The summed E-state index contributed by atoms with van der Waals surface area (Å²) >= 11 is 1.73. The normalized spacial score (nSPS) is 24.5. The van der Waals surface area contributed by atoms with Crippen LogP contribution in [-0.4, -0.2) is 60.6 Å². The van der Waals surface area contributed by atoms with Crippen molar-refractivity contribution >= 4 is 23.6 Å². The van der Waals surface area contributed by atoms with E-state index in [2.05, 4.69) is 5.32 Å². The van der Waals surface area contributed by atoms with Gasteiger partial charge in [-0.05, 0) is 38.8 Å². The largest absolute Gasteiger partial charge is 0.467 e. The fourth-order valence-electron chi connectivity index (χ4n) is 2.68. The predicted octanol–water partition coefficient (Wildman–Crippen LogP) is 0.636. The van der Waals surface area contributed by atoms with E-state index in [0.29, 0.717) is 17.5 Å². The number of methoxy groups -OCH3 is 1. The molecule has 2 saturated heterocycles. The van der Waals surface area contributed by atoms with Crippen molar-refractivity contribution in [3.8, 4) is 0 Å². The Bertz CT molecular complexity index is 332. The summed E-state index contributed by atoms with van der Waals surface area (Å²) in [5, 5.41) is 3.89. The molecule has 1 N–H and O–H groups in total. The summed E-state index contributed by atoms with van der Waals surface area (Å²) < 4.78 is 4.76. The van der Waals surface area contributed by atoms with E-state index in [1.54, 1.807) is 16.7 Å². The molecule has 0 aromatic heterocycles. The number of likely N-dealkylation sites (tertiary alicyclic amines) is 1. The smallest absolute Gasteiger partial charge is 0.328 e. The highest BCUT2D eigenvalue weighted by Gasteiger charge is 2.34. The molecule has 0 spiro atoms. The molecule has 0 aromatic rings. The third-order valence-electron chi connectivity index (χ3n) is 3.78. The van der Waals surface area contributed by atoms with Gasteiger partial charge in [-0.15, -0.1) is 11.8 Å². The maximum absolute atomic E-state index is 12.2. The van der Waals surface area contributed by atoms with E-state index in [1.165, 1.54) is 7.11 Å². The van der Waals surface area contributed by atoms with Gasteiger partial charge in [0, 0.05) is 11.8 Å². The van der Waals surface area contributed by atoms with Gasteiger partial charge in [-0.1, -0.05) is 0 Å². The van der Waals surface area contributed by atoms with E-state index in [9.17, 15) is 9.59 Å². The van der Waals surface area contributed by atoms with Crippen LogP contribution in [0, 0.1) is 0 Å². The molecule has 0 bridgehead atoms. The standard InChI is InChI=1S/C13H22N2O3S/c1-18-13(17)11-3-2-8-15(11)12(16)9-19-10-4-6-14-7-5-10/h10-11,14H,2-9H2,1H3. The molecular weight excluding hydrogens is 264 g/mol. The first-order chi connectivity index (χ1) is 9.22. The molecule has 0 aromatic carbocycles. The Labute approximate surface area is 118 Å². The number of nitrogens with one attached hydrogen (secondary N) is 1. The lowest BCUT2D eigenvalue weighted by molar-refractivity contribution is -0.150. The van der Waals surface area contributed by atoms with Crippen molar-refractivity contribution in [1.82, 2.24) is 10.2 Å². The van der Waals surface area contributed by atoms with E-state index >= 15 is 0 Å². The Balaban J connectivity index is 1.79. The maximum Gasteiger partial charge on any atom is 0.328 e. The Hall–Kier alpha value is -0.750. The van der Waals surface area contributed by atoms with E-state index in [1.807, 2.05) is 0 Å². The van der Waals surface area contributed by atoms with Crippen molar-refractivity contribution in [3.05, 3.63) is 0 Å². The summed E-state index contributed by atoms with van der Waals surface area (Å²) in [7, 11) is 1.38. The van der Waals surface area contributed by atoms with Crippen LogP contribution in [0.25, 0.3) is 0 Å². The molecule has 0 radical (unpaired) electrons. The molecule has 108 valence electrons. The number of hydrogen-bond donors (Lipinski definition) is 1. The molecule has 2 aliphatic heterocycles. The molecule has 5 nitrogen and oxygen atoms in total. The lowest BCUT2D eigenvalue weighted by Crippen LogP contribution is -2.42. The Kier molecular flexibility index (Phi) is 5.51. The van der Waals surface area contributed by atoms with Crippen LogP contribution in [0.1, 0.15) is 25.7 Å². The minimum Gasteiger partial charge on any atom is -0.467 e. The lowest BCUT2D eigenvalue weighted by atomic mass is 10.2.